The van der Waals surface area contributed by atoms with Crippen LogP contribution in [0.25, 0.3) is 5.57 Å². The van der Waals surface area contributed by atoms with Crippen LogP contribution in [-0.4, -0.2) is 35.9 Å². The van der Waals surface area contributed by atoms with E-state index in [9.17, 15) is 14.7 Å². The standard InChI is InChI=1S/C22H23NO4S/c1-3-12-27-18-9-7-16(8-10-18)19-20(28-13-11-24)22(26)23(21(19)25)17-6-4-5-15(2)14-17/h4-10,14,24H,3,11-13H2,1-2H3. The number of carbonyl (C=O) groups excluding carboxylic acids is 2. The van der Waals surface area contributed by atoms with Gasteiger partial charge in [0.2, 0.25) is 0 Å². The first-order chi connectivity index (χ1) is 13.6. The fourth-order valence-corrected chi connectivity index (χ4v) is 3.84. The summed E-state index contributed by atoms with van der Waals surface area (Å²) in [4.78, 5) is 27.8. The van der Waals surface area contributed by atoms with Gasteiger partial charge >= 0.3 is 0 Å². The molecule has 2 aromatic rings. The van der Waals surface area contributed by atoms with Crippen molar-refractivity contribution >= 4 is 34.8 Å². The van der Waals surface area contributed by atoms with Gasteiger partial charge in [0.1, 0.15) is 5.75 Å². The van der Waals surface area contributed by atoms with E-state index in [4.69, 9.17) is 4.74 Å². The van der Waals surface area contributed by atoms with Crippen LogP contribution in [0.3, 0.4) is 0 Å². The van der Waals surface area contributed by atoms with Crippen LogP contribution in [0.2, 0.25) is 0 Å². The van der Waals surface area contributed by atoms with Crippen LogP contribution >= 0.6 is 11.8 Å². The lowest BCUT2D eigenvalue weighted by Gasteiger charge is -2.15. The molecule has 28 heavy (non-hydrogen) atoms. The lowest BCUT2D eigenvalue weighted by molar-refractivity contribution is -0.119. The molecule has 1 aliphatic heterocycles. The molecule has 5 nitrogen and oxygen atoms in total. The molecule has 0 bridgehead atoms. The zero-order valence-electron chi connectivity index (χ0n) is 16.0. The van der Waals surface area contributed by atoms with Crippen molar-refractivity contribution in [1.82, 2.24) is 0 Å². The molecule has 0 saturated heterocycles. The normalized spacial score (nSPS) is 14.2. The SMILES string of the molecule is CCCOc1ccc(C2=C(SCCO)C(=O)N(c3cccc(C)c3)C2=O)cc1. The molecule has 0 aliphatic carbocycles. The second-order valence-corrected chi connectivity index (χ2v) is 7.54. The summed E-state index contributed by atoms with van der Waals surface area (Å²) in [6.45, 7) is 4.50. The molecule has 1 heterocycles. The van der Waals surface area contributed by atoms with Crippen LogP contribution in [-0.2, 0) is 9.59 Å². The summed E-state index contributed by atoms with van der Waals surface area (Å²) in [6, 6.07) is 14.5. The molecule has 0 saturated carbocycles. The summed E-state index contributed by atoms with van der Waals surface area (Å²) >= 11 is 1.21. The van der Waals surface area contributed by atoms with Gasteiger partial charge in [-0.05, 0) is 48.7 Å². The van der Waals surface area contributed by atoms with Gasteiger partial charge in [-0.25, -0.2) is 4.90 Å². The van der Waals surface area contributed by atoms with Crippen molar-refractivity contribution in [1.29, 1.82) is 0 Å². The number of thioether (sulfide) groups is 1. The number of hydrogen-bond acceptors (Lipinski definition) is 5. The van der Waals surface area contributed by atoms with Gasteiger partial charge in [-0.15, -0.1) is 11.8 Å². The fraction of sp³-hybridized carbons (Fsp3) is 0.273. The Morgan fingerprint density at radius 1 is 1.07 bits per heavy atom. The van der Waals surface area contributed by atoms with Crippen molar-refractivity contribution in [2.75, 3.05) is 23.9 Å². The highest BCUT2D eigenvalue weighted by Gasteiger charge is 2.40. The molecule has 0 unspecified atom stereocenters. The van der Waals surface area contributed by atoms with E-state index in [1.54, 1.807) is 30.3 Å². The minimum Gasteiger partial charge on any atom is -0.494 e. The van der Waals surface area contributed by atoms with Crippen molar-refractivity contribution in [3.05, 3.63) is 64.6 Å². The van der Waals surface area contributed by atoms with Gasteiger partial charge in [-0.3, -0.25) is 9.59 Å². The van der Waals surface area contributed by atoms with Crippen LogP contribution in [0, 0.1) is 6.92 Å². The largest absolute Gasteiger partial charge is 0.494 e. The fourth-order valence-electron chi connectivity index (χ4n) is 2.99. The topological polar surface area (TPSA) is 66.8 Å². The minimum atomic E-state index is -0.352. The van der Waals surface area contributed by atoms with Crippen LogP contribution in [0.4, 0.5) is 5.69 Å². The Labute approximate surface area is 169 Å². The van der Waals surface area contributed by atoms with Gasteiger partial charge in [0.25, 0.3) is 11.8 Å². The van der Waals surface area contributed by atoms with E-state index in [-0.39, 0.29) is 18.4 Å². The van der Waals surface area contributed by atoms with Gasteiger partial charge in [0.15, 0.2) is 0 Å². The Hall–Kier alpha value is -2.57. The van der Waals surface area contributed by atoms with Crippen LogP contribution in [0.1, 0.15) is 24.5 Å². The molecule has 6 heteroatoms. The number of aliphatic hydroxyl groups excluding tert-OH is 1. The first kappa shape index (κ1) is 20.2. The molecule has 0 spiro atoms. The summed E-state index contributed by atoms with van der Waals surface area (Å²) in [5.41, 5.74) is 2.55. The number of hydrogen-bond donors (Lipinski definition) is 1. The number of benzene rings is 2. The van der Waals surface area contributed by atoms with Crippen molar-refractivity contribution < 1.29 is 19.4 Å². The van der Waals surface area contributed by atoms with Gasteiger partial charge in [0, 0.05) is 5.75 Å². The van der Waals surface area contributed by atoms with Crippen LogP contribution in [0.15, 0.2) is 53.4 Å². The summed E-state index contributed by atoms with van der Waals surface area (Å²) in [6.07, 6.45) is 0.910. The Morgan fingerprint density at radius 2 is 1.82 bits per heavy atom. The number of anilines is 1. The quantitative estimate of drug-likeness (QED) is 0.687. The number of rotatable bonds is 8. The maximum Gasteiger partial charge on any atom is 0.272 e. The molecule has 1 N–H and O–H groups in total. The smallest absolute Gasteiger partial charge is 0.272 e. The van der Waals surface area contributed by atoms with E-state index in [2.05, 4.69) is 0 Å². The van der Waals surface area contributed by atoms with Crippen molar-refractivity contribution in [2.24, 2.45) is 0 Å². The number of aliphatic hydroxyl groups is 1. The molecule has 0 radical (unpaired) electrons. The van der Waals surface area contributed by atoms with E-state index >= 15 is 0 Å². The third kappa shape index (κ3) is 4.13. The summed E-state index contributed by atoms with van der Waals surface area (Å²) < 4.78 is 5.60. The van der Waals surface area contributed by atoms with Gasteiger partial charge in [-0.2, -0.15) is 0 Å². The Balaban J connectivity index is 1.98. The Bertz CT molecular complexity index is 905. The molecular formula is C22H23NO4S. The lowest BCUT2D eigenvalue weighted by Crippen LogP contribution is -2.31. The highest BCUT2D eigenvalue weighted by atomic mass is 32.2. The summed E-state index contributed by atoms with van der Waals surface area (Å²) in [7, 11) is 0. The van der Waals surface area contributed by atoms with Crippen LogP contribution in [0.5, 0.6) is 5.75 Å². The molecule has 2 amide bonds. The lowest BCUT2D eigenvalue weighted by atomic mass is 10.1. The van der Waals surface area contributed by atoms with Crippen molar-refractivity contribution in [3.63, 3.8) is 0 Å². The molecule has 1 aliphatic rings. The van der Waals surface area contributed by atoms with Crippen molar-refractivity contribution in [2.45, 2.75) is 20.3 Å². The number of nitrogens with zero attached hydrogens (tertiary/aromatic N) is 1. The second-order valence-electron chi connectivity index (χ2n) is 6.43. The summed E-state index contributed by atoms with van der Waals surface area (Å²) in [5.74, 6) is 0.369. The summed E-state index contributed by atoms with van der Waals surface area (Å²) in [5, 5.41) is 9.20. The van der Waals surface area contributed by atoms with Crippen LogP contribution < -0.4 is 9.64 Å². The molecule has 3 rings (SSSR count). The Kier molecular flexibility index (Phi) is 6.54. The van der Waals surface area contributed by atoms with E-state index in [0.29, 0.717) is 34.1 Å². The second kappa shape index (κ2) is 9.08. The van der Waals surface area contributed by atoms with Crippen molar-refractivity contribution in [3.8, 4) is 5.75 Å². The highest BCUT2D eigenvalue weighted by molar-refractivity contribution is 8.04. The predicted octanol–water partition coefficient (Wildman–Crippen LogP) is 3.79. The maximum absolute atomic E-state index is 13.2. The molecule has 0 aromatic heterocycles. The molecule has 2 aromatic carbocycles. The molecule has 0 fully saturated rings. The van der Waals surface area contributed by atoms with Gasteiger partial charge < -0.3 is 9.84 Å². The molecule has 146 valence electrons. The monoisotopic (exact) mass is 397 g/mol. The molecular weight excluding hydrogens is 374 g/mol. The van der Waals surface area contributed by atoms with E-state index in [1.807, 2.05) is 32.0 Å². The first-order valence-electron chi connectivity index (χ1n) is 9.23. The third-order valence-electron chi connectivity index (χ3n) is 4.25. The minimum absolute atomic E-state index is 0.0723. The zero-order chi connectivity index (χ0) is 20.1. The van der Waals surface area contributed by atoms with Gasteiger partial charge in [-0.1, -0.05) is 31.2 Å². The average Bonchev–Trinajstić information content (AvgIpc) is 2.94. The number of aryl methyl sites for hydroxylation is 1. The molecule has 0 atom stereocenters. The van der Waals surface area contributed by atoms with E-state index in [0.717, 1.165) is 17.7 Å². The number of ether oxygens (including phenoxy) is 1. The predicted molar refractivity (Wildman–Crippen MR) is 112 cm³/mol. The van der Waals surface area contributed by atoms with E-state index in [1.165, 1.54) is 16.7 Å². The van der Waals surface area contributed by atoms with E-state index < -0.39 is 0 Å². The van der Waals surface area contributed by atoms with Gasteiger partial charge in [0.05, 0.1) is 29.4 Å². The number of imide groups is 1. The zero-order valence-corrected chi connectivity index (χ0v) is 16.8. The maximum atomic E-state index is 13.2. The number of carbonyl (C=O) groups is 2. The Morgan fingerprint density at radius 3 is 2.46 bits per heavy atom. The number of amides is 2. The first-order valence-corrected chi connectivity index (χ1v) is 10.2. The third-order valence-corrected chi connectivity index (χ3v) is 5.31. The highest BCUT2D eigenvalue weighted by Crippen LogP contribution is 2.38. The average molecular weight is 397 g/mol.